The molecule has 1 amide bonds. The van der Waals surface area contributed by atoms with Gasteiger partial charge < -0.3 is 19.4 Å². The minimum absolute atomic E-state index is 0.0422. The first-order valence-corrected chi connectivity index (χ1v) is 9.36. The van der Waals surface area contributed by atoms with Crippen LogP contribution in [0.25, 0.3) is 5.69 Å². The van der Waals surface area contributed by atoms with Crippen molar-refractivity contribution < 1.29 is 19.1 Å². The molecule has 0 bridgehead atoms. The van der Waals surface area contributed by atoms with Crippen molar-refractivity contribution in [1.29, 1.82) is 0 Å². The molecule has 29 heavy (non-hydrogen) atoms. The minimum atomic E-state index is -0.116. The first kappa shape index (κ1) is 18.8. The summed E-state index contributed by atoms with van der Waals surface area (Å²) >= 11 is 0. The summed E-state index contributed by atoms with van der Waals surface area (Å²) in [7, 11) is 3.14. The van der Waals surface area contributed by atoms with Gasteiger partial charge in [0, 0.05) is 48.5 Å². The largest absolute Gasteiger partial charge is 0.493 e. The summed E-state index contributed by atoms with van der Waals surface area (Å²) in [5.41, 5.74) is 4.16. The number of rotatable bonds is 4. The molecule has 1 aromatic heterocycles. The highest BCUT2D eigenvalue weighted by Crippen LogP contribution is 2.40. The molecule has 0 unspecified atom stereocenters. The monoisotopic (exact) mass is 390 g/mol. The summed E-state index contributed by atoms with van der Waals surface area (Å²) in [6.45, 7) is 1.48. The van der Waals surface area contributed by atoms with Gasteiger partial charge in [-0.15, -0.1) is 0 Å². The van der Waals surface area contributed by atoms with Crippen molar-refractivity contribution in [1.82, 2.24) is 4.57 Å². The molecule has 6 nitrogen and oxygen atoms in total. The van der Waals surface area contributed by atoms with E-state index in [1.165, 1.54) is 6.92 Å². The predicted molar refractivity (Wildman–Crippen MR) is 110 cm³/mol. The Labute approximate surface area is 169 Å². The molecule has 0 saturated carbocycles. The lowest BCUT2D eigenvalue weighted by molar-refractivity contribution is -0.114. The maximum atomic E-state index is 13.2. The quantitative estimate of drug-likeness (QED) is 0.726. The van der Waals surface area contributed by atoms with E-state index in [0.717, 1.165) is 22.6 Å². The summed E-state index contributed by atoms with van der Waals surface area (Å²) in [5.74, 6) is 0.937. The predicted octanol–water partition coefficient (Wildman–Crippen LogP) is 4.17. The van der Waals surface area contributed by atoms with Crippen LogP contribution in [0.2, 0.25) is 0 Å². The van der Waals surface area contributed by atoms with E-state index in [9.17, 15) is 9.59 Å². The molecule has 0 radical (unpaired) electrons. The van der Waals surface area contributed by atoms with Gasteiger partial charge in [-0.05, 0) is 35.9 Å². The van der Waals surface area contributed by atoms with E-state index in [2.05, 4.69) is 5.32 Å². The number of anilines is 1. The highest BCUT2D eigenvalue weighted by atomic mass is 16.5. The molecule has 3 aromatic rings. The average Bonchev–Trinajstić information content (AvgIpc) is 3.16. The Morgan fingerprint density at radius 1 is 1.07 bits per heavy atom. The Hall–Kier alpha value is -3.54. The number of ketones is 1. The third-order valence-corrected chi connectivity index (χ3v) is 5.22. The maximum absolute atomic E-state index is 13.2. The van der Waals surface area contributed by atoms with Crippen molar-refractivity contribution in [3.8, 4) is 17.2 Å². The minimum Gasteiger partial charge on any atom is -0.493 e. The highest BCUT2D eigenvalue weighted by Gasteiger charge is 2.29. The van der Waals surface area contributed by atoms with Crippen LogP contribution >= 0.6 is 0 Å². The van der Waals surface area contributed by atoms with Gasteiger partial charge in [0.25, 0.3) is 0 Å². The first-order chi connectivity index (χ1) is 14.0. The molecule has 1 atom stereocenters. The molecule has 1 aliphatic rings. The number of carbonyl (C=O) groups is 2. The normalized spacial score (nSPS) is 15.1. The van der Waals surface area contributed by atoms with Crippen molar-refractivity contribution in [2.45, 2.75) is 19.3 Å². The Balaban J connectivity index is 1.80. The van der Waals surface area contributed by atoms with Gasteiger partial charge in [0.1, 0.15) is 0 Å². The van der Waals surface area contributed by atoms with Gasteiger partial charge in [-0.25, -0.2) is 0 Å². The number of nitrogens with one attached hydrogen (secondary N) is 1. The number of aromatic nitrogens is 1. The van der Waals surface area contributed by atoms with Crippen LogP contribution in [0.5, 0.6) is 11.5 Å². The molecule has 2 heterocycles. The van der Waals surface area contributed by atoms with Crippen LogP contribution in [0.1, 0.15) is 40.9 Å². The van der Waals surface area contributed by atoms with Crippen molar-refractivity contribution in [2.75, 3.05) is 19.5 Å². The van der Waals surface area contributed by atoms with Gasteiger partial charge in [0.2, 0.25) is 5.91 Å². The number of Topliss-reactive ketones (excluding diaryl/α,β-unsaturated/α-hetero) is 1. The van der Waals surface area contributed by atoms with Crippen molar-refractivity contribution in [3.63, 3.8) is 0 Å². The van der Waals surface area contributed by atoms with E-state index in [-0.39, 0.29) is 17.6 Å². The van der Waals surface area contributed by atoms with Crippen molar-refractivity contribution in [2.24, 2.45) is 0 Å². The van der Waals surface area contributed by atoms with Gasteiger partial charge in [0.15, 0.2) is 17.3 Å². The van der Waals surface area contributed by atoms with Gasteiger partial charge in [-0.1, -0.05) is 12.1 Å². The van der Waals surface area contributed by atoms with Gasteiger partial charge in [0.05, 0.1) is 19.9 Å². The molecule has 6 heteroatoms. The number of amides is 1. The van der Waals surface area contributed by atoms with Gasteiger partial charge in [-0.2, -0.15) is 0 Å². The Morgan fingerprint density at radius 2 is 1.76 bits per heavy atom. The SMILES string of the molecule is COc1cc2c(cc1OC)-n1cccc1[C@H](c1ccc(NC(C)=O)cc1)CC2=O. The Bertz CT molecular complexity index is 1080. The second-order valence-corrected chi connectivity index (χ2v) is 7.01. The molecule has 1 aliphatic heterocycles. The number of methoxy groups -OCH3 is 2. The standard InChI is InChI=1S/C23H22N2O4/c1-14(26)24-16-8-6-15(7-9-16)17-11-21(27)18-12-22(28-2)23(29-3)13-20(18)25-10-4-5-19(17)25/h4-10,12-13,17H,11H2,1-3H3,(H,24,26)/t17-/m0/s1. The van der Waals surface area contributed by atoms with Crippen LogP contribution in [0, 0.1) is 0 Å². The fourth-order valence-corrected chi connectivity index (χ4v) is 3.88. The van der Waals surface area contributed by atoms with E-state index in [0.29, 0.717) is 23.5 Å². The second-order valence-electron chi connectivity index (χ2n) is 7.01. The lowest BCUT2D eigenvalue weighted by Crippen LogP contribution is -2.09. The zero-order valence-corrected chi connectivity index (χ0v) is 16.6. The number of ether oxygens (including phenoxy) is 2. The average molecular weight is 390 g/mol. The molecule has 4 rings (SSSR count). The molecule has 2 aromatic carbocycles. The topological polar surface area (TPSA) is 69.6 Å². The maximum Gasteiger partial charge on any atom is 0.221 e. The number of nitrogens with zero attached hydrogens (tertiary/aromatic N) is 1. The summed E-state index contributed by atoms with van der Waals surface area (Å²) < 4.78 is 12.9. The molecule has 0 saturated heterocycles. The van der Waals surface area contributed by atoms with E-state index in [1.807, 2.05) is 53.2 Å². The van der Waals surface area contributed by atoms with Crippen LogP contribution in [0.15, 0.2) is 54.7 Å². The number of hydrogen-bond donors (Lipinski definition) is 1. The number of fused-ring (bicyclic) bond motifs is 3. The summed E-state index contributed by atoms with van der Waals surface area (Å²) in [6, 6.07) is 15.2. The first-order valence-electron chi connectivity index (χ1n) is 9.36. The second kappa shape index (κ2) is 7.47. The Kier molecular flexibility index (Phi) is 4.84. The van der Waals surface area contributed by atoms with Crippen LogP contribution in [0.3, 0.4) is 0 Å². The molecule has 0 spiro atoms. The van der Waals surface area contributed by atoms with Crippen molar-refractivity contribution >= 4 is 17.4 Å². The van der Waals surface area contributed by atoms with E-state index in [4.69, 9.17) is 9.47 Å². The summed E-state index contributed by atoms with van der Waals surface area (Å²) in [6.07, 6.45) is 2.29. The molecule has 1 N–H and O–H groups in total. The number of hydrogen-bond acceptors (Lipinski definition) is 4. The lowest BCUT2D eigenvalue weighted by Gasteiger charge is -2.17. The van der Waals surface area contributed by atoms with Crippen LogP contribution in [0.4, 0.5) is 5.69 Å². The van der Waals surface area contributed by atoms with Crippen LogP contribution in [-0.2, 0) is 4.79 Å². The van der Waals surface area contributed by atoms with E-state index < -0.39 is 0 Å². The zero-order chi connectivity index (χ0) is 20.5. The van der Waals surface area contributed by atoms with Crippen molar-refractivity contribution in [3.05, 3.63) is 71.5 Å². The number of carbonyl (C=O) groups excluding carboxylic acids is 2. The van der Waals surface area contributed by atoms with Crippen LogP contribution in [-0.4, -0.2) is 30.5 Å². The van der Waals surface area contributed by atoms with Crippen LogP contribution < -0.4 is 14.8 Å². The van der Waals surface area contributed by atoms with Gasteiger partial charge in [-0.3, -0.25) is 9.59 Å². The highest BCUT2D eigenvalue weighted by molar-refractivity contribution is 6.01. The fraction of sp³-hybridized carbons (Fsp3) is 0.217. The third kappa shape index (κ3) is 3.38. The molecular weight excluding hydrogens is 368 g/mol. The smallest absolute Gasteiger partial charge is 0.221 e. The van der Waals surface area contributed by atoms with E-state index >= 15 is 0 Å². The fourth-order valence-electron chi connectivity index (χ4n) is 3.88. The molecule has 0 aliphatic carbocycles. The summed E-state index contributed by atoms with van der Waals surface area (Å²) in [5, 5.41) is 2.77. The summed E-state index contributed by atoms with van der Waals surface area (Å²) in [4.78, 5) is 24.4. The Morgan fingerprint density at radius 3 is 2.41 bits per heavy atom. The van der Waals surface area contributed by atoms with Gasteiger partial charge >= 0.3 is 0 Å². The molecule has 0 fully saturated rings. The zero-order valence-electron chi connectivity index (χ0n) is 16.6. The number of benzene rings is 2. The van der Waals surface area contributed by atoms with E-state index in [1.54, 1.807) is 20.3 Å². The molecular formula is C23H22N2O4. The third-order valence-electron chi connectivity index (χ3n) is 5.22. The molecule has 148 valence electrons. The lowest BCUT2D eigenvalue weighted by atomic mass is 9.90.